The van der Waals surface area contributed by atoms with Crippen molar-refractivity contribution in [2.45, 2.75) is 76.3 Å². The van der Waals surface area contributed by atoms with Crippen molar-refractivity contribution in [1.82, 2.24) is 10.2 Å². The minimum Gasteiger partial charge on any atom is -0.481 e. The predicted octanol–water partition coefficient (Wildman–Crippen LogP) is 6.49. The topological polar surface area (TPSA) is 142 Å². The Morgan fingerprint density at radius 1 is 0.878 bits per heavy atom. The van der Waals surface area contributed by atoms with Crippen LogP contribution in [0.15, 0.2) is 84.9 Å². The Hall–Kier alpha value is -4.12. The van der Waals surface area contributed by atoms with Crippen molar-refractivity contribution >= 4 is 17.6 Å². The average Bonchev–Trinajstić information content (AvgIpc) is 3.10. The number of likely N-dealkylation sites (tertiary alicyclic amines) is 1. The minimum atomic E-state index is -1.55. The Bertz CT molecular complexity index is 1550. The van der Waals surface area contributed by atoms with E-state index in [1.165, 1.54) is 29.3 Å². The molecular formula is C39H49N3O7. The summed E-state index contributed by atoms with van der Waals surface area (Å²) in [5.74, 6) is -3.31. The van der Waals surface area contributed by atoms with Gasteiger partial charge in [-0.25, -0.2) is 0 Å². The lowest BCUT2D eigenvalue weighted by molar-refractivity contribution is -0.385. The van der Waals surface area contributed by atoms with E-state index >= 15 is 0 Å². The van der Waals surface area contributed by atoms with Gasteiger partial charge in [-0.05, 0) is 82.7 Å². The van der Waals surface area contributed by atoms with Gasteiger partial charge in [0.2, 0.25) is 0 Å². The second kappa shape index (κ2) is 15.2. The summed E-state index contributed by atoms with van der Waals surface area (Å²) in [4.78, 5) is 39.7. The van der Waals surface area contributed by atoms with E-state index in [2.05, 4.69) is 70.9 Å². The molecule has 10 heteroatoms. The lowest BCUT2D eigenvalue weighted by Crippen LogP contribution is -2.68. The number of non-ortho nitro benzene ring substituents is 1. The summed E-state index contributed by atoms with van der Waals surface area (Å²) in [5.41, 5.74) is -0.241. The number of carbonyl (C=O) groups is 2. The van der Waals surface area contributed by atoms with E-state index in [9.17, 15) is 29.9 Å². The van der Waals surface area contributed by atoms with E-state index in [1.54, 1.807) is 26.8 Å². The van der Waals surface area contributed by atoms with Gasteiger partial charge in [0.15, 0.2) is 0 Å². The van der Waals surface area contributed by atoms with Gasteiger partial charge in [-0.2, -0.15) is 0 Å². The third kappa shape index (κ3) is 7.00. The van der Waals surface area contributed by atoms with E-state index in [1.807, 2.05) is 0 Å². The molecule has 10 nitrogen and oxygen atoms in total. The van der Waals surface area contributed by atoms with Crippen LogP contribution in [0.2, 0.25) is 0 Å². The molecule has 2 heterocycles. The van der Waals surface area contributed by atoms with E-state index in [0.29, 0.717) is 25.2 Å². The minimum absolute atomic E-state index is 0.00221. The first-order valence-corrected chi connectivity index (χ1v) is 17.3. The van der Waals surface area contributed by atoms with Crippen LogP contribution in [0.25, 0.3) is 0 Å². The predicted molar refractivity (Wildman–Crippen MR) is 188 cm³/mol. The Labute approximate surface area is 288 Å². The van der Waals surface area contributed by atoms with Crippen LogP contribution in [-0.2, 0) is 19.7 Å². The van der Waals surface area contributed by atoms with Crippen molar-refractivity contribution in [1.29, 1.82) is 0 Å². The highest BCUT2D eigenvalue weighted by molar-refractivity contribution is 5.84. The van der Waals surface area contributed by atoms with Gasteiger partial charge in [0.25, 0.3) is 5.69 Å². The monoisotopic (exact) mass is 671 g/mol. The van der Waals surface area contributed by atoms with E-state index < -0.39 is 45.7 Å². The standard InChI is InChI=1S/C39H49N3O7/c1-28-37(3,35(43)44)34(30-13-10-18-33(27-30)42(47)48)39(36(45)46,29(2)40-28)19-11-25-49-26-12-22-41-23-20-38(21-24-41,31-14-6-4-7-15-31)32-16-8-5-9-17-32/h4-10,13-18,27-29,34,40H,11-12,19-26H2,1-3H3,(H,43,44)(H,45,46)/t28?,29?,34-,37?,39?/m1/s1. The van der Waals surface area contributed by atoms with Gasteiger partial charge in [-0.1, -0.05) is 72.8 Å². The number of carboxylic acids is 2. The van der Waals surface area contributed by atoms with Gasteiger partial charge >= 0.3 is 11.9 Å². The SMILES string of the molecule is CC1NC(C)C(CCCOCCCN2CCC(c3ccccc3)(c3ccccc3)CC2)(C(=O)O)[C@H](c2cccc([N+](=O)[O-])c2)C1(C)C(=O)O. The highest BCUT2D eigenvalue weighted by Crippen LogP contribution is 2.57. The fraction of sp³-hybridized carbons (Fsp3) is 0.487. The van der Waals surface area contributed by atoms with E-state index in [-0.39, 0.29) is 17.5 Å². The van der Waals surface area contributed by atoms with Crippen molar-refractivity contribution in [3.8, 4) is 0 Å². The Morgan fingerprint density at radius 3 is 2.02 bits per heavy atom. The number of nitro groups is 1. The first-order valence-electron chi connectivity index (χ1n) is 17.3. The Balaban J connectivity index is 1.20. The number of nitrogens with one attached hydrogen (secondary N) is 1. The van der Waals surface area contributed by atoms with Crippen LogP contribution in [0.4, 0.5) is 5.69 Å². The van der Waals surface area contributed by atoms with Crippen LogP contribution >= 0.6 is 0 Å². The Morgan fingerprint density at radius 2 is 1.47 bits per heavy atom. The summed E-state index contributed by atoms with van der Waals surface area (Å²) < 4.78 is 6.02. The molecule has 4 unspecified atom stereocenters. The number of benzene rings is 3. The van der Waals surface area contributed by atoms with Gasteiger partial charge in [0.05, 0.1) is 15.8 Å². The molecule has 2 aliphatic heterocycles. The summed E-state index contributed by atoms with van der Waals surface area (Å²) >= 11 is 0. The molecule has 0 saturated carbocycles. The molecule has 0 aromatic heterocycles. The largest absolute Gasteiger partial charge is 0.481 e. The third-order valence-corrected chi connectivity index (χ3v) is 11.6. The molecule has 5 atom stereocenters. The summed E-state index contributed by atoms with van der Waals surface area (Å²) in [6.07, 6.45) is 3.45. The van der Waals surface area contributed by atoms with Gasteiger partial charge in [0, 0.05) is 55.3 Å². The van der Waals surface area contributed by atoms with Gasteiger partial charge < -0.3 is 25.2 Å². The van der Waals surface area contributed by atoms with Crippen LogP contribution in [0.5, 0.6) is 0 Å². The van der Waals surface area contributed by atoms with Crippen LogP contribution in [0, 0.1) is 20.9 Å². The number of ether oxygens (including phenoxy) is 1. The molecule has 0 bridgehead atoms. The smallest absolute Gasteiger partial charge is 0.311 e. The maximum atomic E-state index is 13.3. The van der Waals surface area contributed by atoms with Crippen LogP contribution in [0.3, 0.4) is 0 Å². The Kier molecular flexibility index (Phi) is 11.2. The van der Waals surface area contributed by atoms with Gasteiger partial charge in [-0.3, -0.25) is 19.7 Å². The van der Waals surface area contributed by atoms with Crippen molar-refractivity contribution in [2.75, 3.05) is 32.8 Å². The molecule has 5 rings (SSSR count). The summed E-state index contributed by atoms with van der Waals surface area (Å²) in [5, 5.41) is 36.2. The molecule has 3 aromatic rings. The zero-order valence-electron chi connectivity index (χ0n) is 28.7. The van der Waals surface area contributed by atoms with Gasteiger partial charge in [0.1, 0.15) is 0 Å². The highest BCUT2D eigenvalue weighted by Gasteiger charge is 2.64. The molecule has 0 radical (unpaired) electrons. The maximum Gasteiger partial charge on any atom is 0.311 e. The number of hydrogen-bond donors (Lipinski definition) is 3. The first-order chi connectivity index (χ1) is 23.5. The fourth-order valence-corrected chi connectivity index (χ4v) is 8.65. The van der Waals surface area contributed by atoms with Crippen LogP contribution in [0.1, 0.15) is 75.5 Å². The highest BCUT2D eigenvalue weighted by atomic mass is 16.6. The molecule has 3 N–H and O–H groups in total. The molecule has 0 spiro atoms. The normalized spacial score (nSPS) is 27.0. The lowest BCUT2D eigenvalue weighted by atomic mass is 9.51. The molecule has 2 saturated heterocycles. The molecule has 0 aliphatic carbocycles. The molecular weight excluding hydrogens is 622 g/mol. The third-order valence-electron chi connectivity index (χ3n) is 11.6. The number of rotatable bonds is 14. The summed E-state index contributed by atoms with van der Waals surface area (Å²) in [7, 11) is 0. The number of nitro benzene ring substituents is 1. The number of piperidine rings is 2. The van der Waals surface area contributed by atoms with Crippen molar-refractivity contribution in [2.24, 2.45) is 10.8 Å². The molecule has 2 aliphatic rings. The maximum absolute atomic E-state index is 13.3. The second-order valence-electron chi connectivity index (χ2n) is 14.1. The molecule has 49 heavy (non-hydrogen) atoms. The second-order valence-corrected chi connectivity index (χ2v) is 14.1. The average molecular weight is 672 g/mol. The summed E-state index contributed by atoms with van der Waals surface area (Å²) in [6.45, 7) is 8.77. The van der Waals surface area contributed by atoms with E-state index in [0.717, 1.165) is 38.9 Å². The number of nitrogens with zero attached hydrogens (tertiary/aromatic N) is 2. The number of aliphatic carboxylic acids is 2. The van der Waals surface area contributed by atoms with Gasteiger partial charge in [-0.15, -0.1) is 0 Å². The fourth-order valence-electron chi connectivity index (χ4n) is 8.65. The van der Waals surface area contributed by atoms with Crippen molar-refractivity contribution < 1.29 is 29.5 Å². The van der Waals surface area contributed by atoms with Crippen LogP contribution in [-0.4, -0.2) is 76.9 Å². The molecule has 2 fully saturated rings. The van der Waals surface area contributed by atoms with Crippen molar-refractivity contribution in [3.63, 3.8) is 0 Å². The first kappa shape index (κ1) is 36.2. The number of hydrogen-bond acceptors (Lipinski definition) is 7. The molecule has 0 amide bonds. The quantitative estimate of drug-likeness (QED) is 0.0996. The summed E-state index contributed by atoms with van der Waals surface area (Å²) in [6, 6.07) is 26.1. The van der Waals surface area contributed by atoms with E-state index in [4.69, 9.17) is 4.74 Å². The van der Waals surface area contributed by atoms with Crippen LogP contribution < -0.4 is 5.32 Å². The molecule has 3 aromatic carbocycles. The van der Waals surface area contributed by atoms with Crippen molar-refractivity contribution in [3.05, 3.63) is 112 Å². The molecule has 262 valence electrons. The zero-order valence-corrected chi connectivity index (χ0v) is 28.7. The number of carboxylic acid groups (broad SMARTS) is 2. The lowest BCUT2D eigenvalue weighted by Gasteiger charge is -2.56. The zero-order chi connectivity index (χ0) is 35.2.